The largest absolute Gasteiger partial charge is 0.445 e. The highest BCUT2D eigenvalue weighted by atomic mass is 16.5. The third kappa shape index (κ3) is 11.3. The number of aryl methyl sites for hydroxylation is 2. The summed E-state index contributed by atoms with van der Waals surface area (Å²) in [6.07, 6.45) is 6.65. The summed E-state index contributed by atoms with van der Waals surface area (Å²) in [5, 5.41) is 9.72. The topological polar surface area (TPSA) is 149 Å². The number of carbonyl (C=O) groups excluding carboxylic acids is 3. The van der Waals surface area contributed by atoms with Gasteiger partial charge in [-0.25, -0.2) is 4.79 Å². The van der Waals surface area contributed by atoms with Crippen LogP contribution in [0.3, 0.4) is 0 Å². The Hall–Kier alpha value is -4.99. The van der Waals surface area contributed by atoms with Crippen LogP contribution in [0.25, 0.3) is 0 Å². The molecule has 0 bridgehead atoms. The van der Waals surface area contributed by atoms with Crippen molar-refractivity contribution in [1.29, 1.82) is 0 Å². The number of hydrogen-bond acceptors (Lipinski definition) is 6. The molecule has 0 spiro atoms. The lowest BCUT2D eigenvalue weighted by molar-refractivity contribution is -0.127. The van der Waals surface area contributed by atoms with Gasteiger partial charge in [-0.3, -0.25) is 9.59 Å². The van der Waals surface area contributed by atoms with Gasteiger partial charge in [-0.15, -0.1) is 0 Å². The van der Waals surface area contributed by atoms with Gasteiger partial charge >= 0.3 is 6.09 Å². The summed E-state index contributed by atoms with van der Waals surface area (Å²) in [4.78, 5) is 40.9. The monoisotopic (exact) mass is 771 g/mol. The van der Waals surface area contributed by atoms with Crippen LogP contribution in [0.1, 0.15) is 116 Å². The van der Waals surface area contributed by atoms with E-state index in [0.29, 0.717) is 25.8 Å². The Morgan fingerprint density at radius 2 is 1.28 bits per heavy atom. The van der Waals surface area contributed by atoms with Gasteiger partial charge in [-0.05, 0) is 115 Å². The van der Waals surface area contributed by atoms with Crippen molar-refractivity contribution in [1.82, 2.24) is 16.0 Å². The van der Waals surface area contributed by atoms with Crippen molar-refractivity contribution in [2.75, 3.05) is 6.54 Å². The van der Waals surface area contributed by atoms with Crippen molar-refractivity contribution in [3.63, 3.8) is 0 Å². The predicted molar refractivity (Wildman–Crippen MR) is 226 cm³/mol. The van der Waals surface area contributed by atoms with Crippen LogP contribution in [0.5, 0.6) is 0 Å². The van der Waals surface area contributed by atoms with E-state index in [1.807, 2.05) is 72.8 Å². The molecule has 0 saturated carbocycles. The third-order valence-corrected chi connectivity index (χ3v) is 11.9. The first-order valence-corrected chi connectivity index (χ1v) is 20.8. The van der Waals surface area contributed by atoms with Crippen LogP contribution < -0.4 is 27.4 Å². The SMILES string of the molecule is CC(C)(C)[C@@H](CC(C[C@@H](CN)c1ccc(CC(N)C(=O)N[C@@H]2CCCc3ccccc32)cc1)C(=O)N[C@@H]1CCCc2ccccc21)NC(=O)OCc1ccccc1. The molecule has 6 atom stereocenters. The Bertz CT molecular complexity index is 1940. The molecule has 302 valence electrons. The fourth-order valence-corrected chi connectivity index (χ4v) is 8.49. The third-order valence-electron chi connectivity index (χ3n) is 11.9. The quantitative estimate of drug-likeness (QED) is 0.0836. The van der Waals surface area contributed by atoms with Crippen LogP contribution in [-0.4, -0.2) is 36.5 Å². The van der Waals surface area contributed by atoms with Crippen molar-refractivity contribution in [2.45, 2.75) is 115 Å². The molecule has 0 fully saturated rings. The van der Waals surface area contributed by atoms with Crippen molar-refractivity contribution >= 4 is 17.9 Å². The van der Waals surface area contributed by atoms with E-state index in [9.17, 15) is 14.4 Å². The molecule has 0 saturated heterocycles. The first-order valence-electron chi connectivity index (χ1n) is 20.8. The van der Waals surface area contributed by atoms with Crippen molar-refractivity contribution in [3.05, 3.63) is 142 Å². The number of alkyl carbamates (subject to hydrolysis) is 1. The summed E-state index contributed by atoms with van der Waals surface area (Å²) in [5.41, 5.74) is 20.4. The molecule has 2 aliphatic carbocycles. The number of amides is 3. The molecule has 0 aliphatic heterocycles. The fourth-order valence-electron chi connectivity index (χ4n) is 8.49. The molecular formula is C48H61N5O4. The average Bonchev–Trinajstić information content (AvgIpc) is 3.21. The Morgan fingerprint density at radius 3 is 1.86 bits per heavy atom. The normalized spacial score (nSPS) is 18.5. The highest BCUT2D eigenvalue weighted by Crippen LogP contribution is 2.34. The van der Waals surface area contributed by atoms with E-state index in [1.165, 1.54) is 22.3 Å². The maximum Gasteiger partial charge on any atom is 0.407 e. The molecule has 6 rings (SSSR count). The van der Waals surface area contributed by atoms with Gasteiger partial charge in [0.1, 0.15) is 6.61 Å². The van der Waals surface area contributed by atoms with E-state index in [4.69, 9.17) is 16.2 Å². The second kappa shape index (κ2) is 19.4. The summed E-state index contributed by atoms with van der Waals surface area (Å²) in [6, 6.07) is 33.2. The van der Waals surface area contributed by atoms with Crippen LogP contribution in [0.15, 0.2) is 103 Å². The number of benzene rings is 4. The molecule has 4 aromatic rings. The van der Waals surface area contributed by atoms with Gasteiger partial charge in [0.05, 0.1) is 18.1 Å². The van der Waals surface area contributed by atoms with E-state index in [1.54, 1.807) is 0 Å². The molecule has 3 amide bonds. The number of hydrogen-bond donors (Lipinski definition) is 5. The van der Waals surface area contributed by atoms with Crippen LogP contribution in [0.2, 0.25) is 0 Å². The van der Waals surface area contributed by atoms with Crippen LogP contribution in [-0.2, 0) is 40.2 Å². The maximum absolute atomic E-state index is 14.5. The summed E-state index contributed by atoms with van der Waals surface area (Å²) in [5.74, 6) is -0.769. The van der Waals surface area contributed by atoms with E-state index in [2.05, 4.69) is 67.1 Å². The van der Waals surface area contributed by atoms with Crippen molar-refractivity contribution in [3.8, 4) is 0 Å². The summed E-state index contributed by atoms with van der Waals surface area (Å²) in [7, 11) is 0. The lowest BCUT2D eigenvalue weighted by Gasteiger charge is -2.35. The molecule has 9 nitrogen and oxygen atoms in total. The van der Waals surface area contributed by atoms with E-state index in [-0.39, 0.29) is 47.9 Å². The zero-order valence-electron chi connectivity index (χ0n) is 33.8. The number of carbonyl (C=O) groups is 3. The van der Waals surface area contributed by atoms with E-state index < -0.39 is 18.1 Å². The first kappa shape index (κ1) is 41.6. The Kier molecular flexibility index (Phi) is 14.2. The second-order valence-corrected chi connectivity index (χ2v) is 17.1. The minimum absolute atomic E-state index is 0.0211. The Balaban J connectivity index is 1.15. The standard InChI is InChI=1S/C48H61N5O4/c1-48(2,3)44(53-47(56)57-31-33-13-5-4-6-14-33)29-37(45(54)51-42-21-11-17-35-15-7-9-19-39(35)42)28-38(30-49)34-25-23-32(24-26-34)27-41(50)46(55)52-43-22-12-18-36-16-8-10-20-40(36)43/h4-10,13-16,19-20,23-26,37-38,41-44H,11-12,17-18,21-22,27-31,49-50H2,1-3H3,(H,51,54)(H,52,55)(H,53,56)/t37?,38-,41?,42+,43+,44+/m0/s1. The molecular weight excluding hydrogens is 711 g/mol. The maximum atomic E-state index is 14.5. The van der Waals surface area contributed by atoms with Gasteiger partial charge in [0, 0.05) is 12.0 Å². The number of nitrogens with two attached hydrogens (primary N) is 2. The summed E-state index contributed by atoms with van der Waals surface area (Å²) >= 11 is 0. The second-order valence-electron chi connectivity index (χ2n) is 17.1. The van der Waals surface area contributed by atoms with Gasteiger partial charge in [0.25, 0.3) is 0 Å². The zero-order valence-corrected chi connectivity index (χ0v) is 33.8. The molecule has 2 unspecified atom stereocenters. The van der Waals surface area contributed by atoms with Gasteiger partial charge < -0.3 is 32.2 Å². The molecule has 57 heavy (non-hydrogen) atoms. The molecule has 0 aromatic heterocycles. The first-order chi connectivity index (χ1) is 27.5. The highest BCUT2D eigenvalue weighted by molar-refractivity contribution is 5.82. The van der Waals surface area contributed by atoms with Gasteiger partial charge in [-0.1, -0.05) is 124 Å². The van der Waals surface area contributed by atoms with Gasteiger partial charge in [-0.2, -0.15) is 0 Å². The smallest absolute Gasteiger partial charge is 0.407 e. The molecule has 9 heteroatoms. The Labute approximate surface area is 338 Å². The van der Waals surface area contributed by atoms with Crippen LogP contribution in [0, 0.1) is 11.3 Å². The molecule has 0 heterocycles. The van der Waals surface area contributed by atoms with E-state index >= 15 is 0 Å². The fraction of sp³-hybridized carbons (Fsp3) is 0.438. The van der Waals surface area contributed by atoms with Gasteiger partial charge in [0.2, 0.25) is 11.8 Å². The molecule has 7 N–H and O–H groups in total. The van der Waals surface area contributed by atoms with Gasteiger partial charge in [0.15, 0.2) is 0 Å². The molecule has 4 aromatic carbocycles. The minimum Gasteiger partial charge on any atom is -0.445 e. The number of ether oxygens (including phenoxy) is 1. The lowest BCUT2D eigenvalue weighted by Crippen LogP contribution is -2.47. The summed E-state index contributed by atoms with van der Waals surface area (Å²) < 4.78 is 5.63. The summed E-state index contributed by atoms with van der Waals surface area (Å²) in [6.45, 7) is 6.70. The van der Waals surface area contributed by atoms with Crippen molar-refractivity contribution < 1.29 is 19.1 Å². The van der Waals surface area contributed by atoms with Crippen LogP contribution in [0.4, 0.5) is 4.79 Å². The van der Waals surface area contributed by atoms with Crippen LogP contribution >= 0.6 is 0 Å². The highest BCUT2D eigenvalue weighted by Gasteiger charge is 2.35. The minimum atomic E-state index is -0.686. The predicted octanol–water partition coefficient (Wildman–Crippen LogP) is 7.72. The molecule has 2 aliphatic rings. The van der Waals surface area contributed by atoms with Crippen molar-refractivity contribution in [2.24, 2.45) is 22.8 Å². The van der Waals surface area contributed by atoms with E-state index in [0.717, 1.165) is 55.2 Å². The zero-order chi connectivity index (χ0) is 40.4. The number of fused-ring (bicyclic) bond motifs is 2. The lowest BCUT2D eigenvalue weighted by atomic mass is 9.77. The Morgan fingerprint density at radius 1 is 0.719 bits per heavy atom. The number of rotatable bonds is 15. The average molecular weight is 772 g/mol. The number of nitrogens with one attached hydrogen (secondary N) is 3. The molecule has 0 radical (unpaired) electrons.